The number of para-hydroxylation sites is 1. The van der Waals surface area contributed by atoms with Crippen molar-refractivity contribution in [3.8, 4) is 0 Å². The van der Waals surface area contributed by atoms with Gasteiger partial charge in [-0.2, -0.15) is 4.99 Å². The van der Waals surface area contributed by atoms with Gasteiger partial charge in [0.05, 0.1) is 5.69 Å². The van der Waals surface area contributed by atoms with E-state index in [0.29, 0.717) is 16.8 Å². The van der Waals surface area contributed by atoms with Crippen molar-refractivity contribution in [2.45, 2.75) is 12.8 Å². The van der Waals surface area contributed by atoms with E-state index in [-0.39, 0.29) is 12.4 Å². The summed E-state index contributed by atoms with van der Waals surface area (Å²) in [5.41, 5.74) is 7.89. The Bertz CT molecular complexity index is 706. The SMILES string of the molecule is Cl.N/C(=N/C(=Nc1ccccc1)N1CCCC1)c1ccc(Cl)cc1. The molecule has 1 aliphatic rings. The lowest BCUT2D eigenvalue weighted by atomic mass is 10.2. The predicted octanol–water partition coefficient (Wildman–Crippen LogP) is 4.25. The minimum Gasteiger partial charge on any atom is -0.383 e. The van der Waals surface area contributed by atoms with E-state index in [2.05, 4.69) is 14.9 Å². The van der Waals surface area contributed by atoms with Crippen molar-refractivity contribution in [1.82, 2.24) is 4.90 Å². The van der Waals surface area contributed by atoms with Gasteiger partial charge < -0.3 is 10.6 Å². The maximum atomic E-state index is 6.17. The molecule has 0 aromatic heterocycles. The number of likely N-dealkylation sites (tertiary alicyclic amines) is 1. The molecule has 1 heterocycles. The summed E-state index contributed by atoms with van der Waals surface area (Å²) in [5.74, 6) is 1.12. The minimum absolute atomic E-state index is 0. The van der Waals surface area contributed by atoms with E-state index < -0.39 is 0 Å². The molecule has 3 rings (SSSR count). The van der Waals surface area contributed by atoms with Crippen molar-refractivity contribution in [2.75, 3.05) is 13.1 Å². The molecule has 0 aliphatic carbocycles. The third kappa shape index (κ3) is 4.73. The Morgan fingerprint density at radius 2 is 1.58 bits per heavy atom. The van der Waals surface area contributed by atoms with Gasteiger partial charge in [0.2, 0.25) is 5.96 Å². The molecule has 6 heteroatoms. The number of amidine groups is 1. The molecule has 2 aromatic rings. The molecule has 2 N–H and O–H groups in total. The van der Waals surface area contributed by atoms with Crippen LogP contribution in [-0.4, -0.2) is 29.8 Å². The number of halogens is 2. The molecule has 0 bridgehead atoms. The van der Waals surface area contributed by atoms with Crippen molar-refractivity contribution in [3.05, 3.63) is 65.2 Å². The average Bonchev–Trinajstić information content (AvgIpc) is 3.10. The van der Waals surface area contributed by atoms with Crippen LogP contribution in [0.25, 0.3) is 0 Å². The zero-order valence-electron chi connectivity index (χ0n) is 13.2. The van der Waals surface area contributed by atoms with Crippen LogP contribution in [0.15, 0.2) is 64.6 Å². The molecule has 0 spiro atoms. The fourth-order valence-corrected chi connectivity index (χ4v) is 2.62. The normalized spacial score (nSPS) is 15.3. The third-order valence-electron chi connectivity index (χ3n) is 3.73. The average molecular weight is 363 g/mol. The van der Waals surface area contributed by atoms with Crippen LogP contribution in [-0.2, 0) is 0 Å². The highest BCUT2D eigenvalue weighted by Gasteiger charge is 2.16. The molecular formula is C18H20Cl2N4. The molecule has 0 amide bonds. The van der Waals surface area contributed by atoms with Gasteiger partial charge in [-0.1, -0.05) is 29.8 Å². The standard InChI is InChI=1S/C18H19ClN4.ClH/c19-15-10-8-14(9-11-15)17(20)22-18(23-12-4-5-13-23)21-16-6-2-1-3-7-16;/h1-3,6-11H,4-5,12-13H2,(H2,20,21,22);1H. The molecule has 0 unspecified atom stereocenters. The Morgan fingerprint density at radius 1 is 0.958 bits per heavy atom. The van der Waals surface area contributed by atoms with Crippen LogP contribution in [0.2, 0.25) is 5.02 Å². The van der Waals surface area contributed by atoms with Crippen molar-refractivity contribution in [3.63, 3.8) is 0 Å². The first-order valence-electron chi connectivity index (χ1n) is 7.71. The quantitative estimate of drug-likeness (QED) is 0.641. The molecule has 1 fully saturated rings. The predicted molar refractivity (Wildman–Crippen MR) is 104 cm³/mol. The topological polar surface area (TPSA) is 54.0 Å². The number of nitrogens with zero attached hydrogens (tertiary/aromatic N) is 3. The van der Waals surface area contributed by atoms with E-state index in [0.717, 1.165) is 37.2 Å². The summed E-state index contributed by atoms with van der Waals surface area (Å²) in [5, 5.41) is 0.680. The van der Waals surface area contributed by atoms with E-state index in [1.165, 1.54) is 0 Å². The summed E-state index contributed by atoms with van der Waals surface area (Å²) in [6, 6.07) is 17.2. The largest absolute Gasteiger partial charge is 0.383 e. The molecule has 0 saturated carbocycles. The van der Waals surface area contributed by atoms with Crippen LogP contribution in [0.1, 0.15) is 18.4 Å². The second-order valence-electron chi connectivity index (χ2n) is 5.45. The van der Waals surface area contributed by atoms with E-state index in [4.69, 9.17) is 17.3 Å². The molecule has 4 nitrogen and oxygen atoms in total. The highest BCUT2D eigenvalue weighted by Crippen LogP contribution is 2.16. The first-order chi connectivity index (χ1) is 11.2. The van der Waals surface area contributed by atoms with E-state index in [1.54, 1.807) is 0 Å². The van der Waals surface area contributed by atoms with E-state index in [1.807, 2.05) is 54.6 Å². The molecule has 1 saturated heterocycles. The molecule has 126 valence electrons. The van der Waals surface area contributed by atoms with Crippen LogP contribution in [0, 0.1) is 0 Å². The number of rotatable bonds is 2. The van der Waals surface area contributed by atoms with Gasteiger partial charge in [0.15, 0.2) is 0 Å². The van der Waals surface area contributed by atoms with Gasteiger partial charge >= 0.3 is 0 Å². The zero-order valence-corrected chi connectivity index (χ0v) is 14.8. The Labute approximate surface area is 153 Å². The molecule has 0 radical (unpaired) electrons. The number of aliphatic imine (C=N–C) groups is 2. The number of hydrogen-bond acceptors (Lipinski definition) is 1. The van der Waals surface area contributed by atoms with Crippen LogP contribution in [0.4, 0.5) is 5.69 Å². The van der Waals surface area contributed by atoms with Crippen molar-refractivity contribution in [2.24, 2.45) is 15.7 Å². The molecule has 24 heavy (non-hydrogen) atoms. The van der Waals surface area contributed by atoms with Crippen LogP contribution < -0.4 is 5.73 Å². The smallest absolute Gasteiger partial charge is 0.227 e. The monoisotopic (exact) mass is 362 g/mol. The number of hydrogen-bond donors (Lipinski definition) is 1. The van der Waals surface area contributed by atoms with Gasteiger partial charge in [0, 0.05) is 23.7 Å². The Balaban J connectivity index is 0.00000208. The second kappa shape index (κ2) is 8.71. The lowest BCUT2D eigenvalue weighted by Gasteiger charge is -2.17. The van der Waals surface area contributed by atoms with Crippen LogP contribution in [0.3, 0.4) is 0 Å². The summed E-state index contributed by atoms with van der Waals surface area (Å²) in [6.45, 7) is 1.92. The summed E-state index contributed by atoms with van der Waals surface area (Å²) >= 11 is 5.92. The molecule has 2 aromatic carbocycles. The summed E-state index contributed by atoms with van der Waals surface area (Å²) in [4.78, 5) is 11.4. The van der Waals surface area contributed by atoms with Gasteiger partial charge in [-0.3, -0.25) is 0 Å². The first-order valence-corrected chi connectivity index (χ1v) is 8.09. The van der Waals surface area contributed by atoms with Crippen LogP contribution in [0.5, 0.6) is 0 Å². The first kappa shape index (κ1) is 18.3. The molecular weight excluding hydrogens is 343 g/mol. The highest BCUT2D eigenvalue weighted by atomic mass is 35.5. The maximum absolute atomic E-state index is 6.17. The van der Waals surface area contributed by atoms with Gasteiger partial charge in [-0.25, -0.2) is 4.99 Å². The van der Waals surface area contributed by atoms with Gasteiger partial charge in [-0.05, 0) is 49.2 Å². The maximum Gasteiger partial charge on any atom is 0.227 e. The van der Waals surface area contributed by atoms with Crippen molar-refractivity contribution < 1.29 is 0 Å². The zero-order chi connectivity index (χ0) is 16.1. The fourth-order valence-electron chi connectivity index (χ4n) is 2.49. The van der Waals surface area contributed by atoms with E-state index >= 15 is 0 Å². The number of guanidine groups is 1. The number of benzene rings is 2. The summed E-state index contributed by atoms with van der Waals surface area (Å²) < 4.78 is 0. The Hall–Kier alpha value is -2.04. The van der Waals surface area contributed by atoms with Crippen molar-refractivity contribution in [1.29, 1.82) is 0 Å². The summed E-state index contributed by atoms with van der Waals surface area (Å²) in [7, 11) is 0. The van der Waals surface area contributed by atoms with Crippen LogP contribution >= 0.6 is 24.0 Å². The lowest BCUT2D eigenvalue weighted by molar-refractivity contribution is 0.514. The summed E-state index contributed by atoms with van der Waals surface area (Å²) in [6.07, 6.45) is 2.31. The third-order valence-corrected chi connectivity index (χ3v) is 3.99. The van der Waals surface area contributed by atoms with E-state index in [9.17, 15) is 0 Å². The Morgan fingerprint density at radius 3 is 2.21 bits per heavy atom. The lowest BCUT2D eigenvalue weighted by Crippen LogP contribution is -2.29. The Kier molecular flexibility index (Phi) is 6.64. The number of nitrogens with two attached hydrogens (primary N) is 1. The highest BCUT2D eigenvalue weighted by molar-refractivity contribution is 6.30. The van der Waals surface area contributed by atoms with Gasteiger partial charge in [-0.15, -0.1) is 12.4 Å². The molecule has 1 aliphatic heterocycles. The van der Waals surface area contributed by atoms with Crippen molar-refractivity contribution >= 4 is 41.5 Å². The van der Waals surface area contributed by atoms with Gasteiger partial charge in [0.1, 0.15) is 5.84 Å². The second-order valence-corrected chi connectivity index (χ2v) is 5.88. The molecule has 0 atom stereocenters. The minimum atomic E-state index is 0. The fraction of sp³-hybridized carbons (Fsp3) is 0.222. The van der Waals surface area contributed by atoms with Gasteiger partial charge in [0.25, 0.3) is 0 Å².